The SMILES string of the molecule is CCOc1ccc(C(CC2(O)CCCCC2)N2CCNCC2)cc1OC(F)(F)F. The highest BCUT2D eigenvalue weighted by molar-refractivity contribution is 5.44. The highest BCUT2D eigenvalue weighted by atomic mass is 19.4. The molecule has 2 fully saturated rings. The normalized spacial score (nSPS) is 21.6. The van der Waals surface area contributed by atoms with E-state index in [1.165, 1.54) is 6.07 Å². The van der Waals surface area contributed by atoms with Crippen LogP contribution in [-0.2, 0) is 0 Å². The van der Waals surface area contributed by atoms with Crippen LogP contribution in [0.3, 0.4) is 0 Å². The molecule has 1 unspecified atom stereocenters. The Labute approximate surface area is 170 Å². The van der Waals surface area contributed by atoms with Crippen LogP contribution in [0.5, 0.6) is 11.5 Å². The molecule has 3 rings (SSSR count). The molecule has 1 saturated carbocycles. The highest BCUT2D eigenvalue weighted by Crippen LogP contribution is 2.41. The molecule has 2 N–H and O–H groups in total. The summed E-state index contributed by atoms with van der Waals surface area (Å²) >= 11 is 0. The summed E-state index contributed by atoms with van der Waals surface area (Å²) in [5.74, 6) is -0.253. The summed E-state index contributed by atoms with van der Waals surface area (Å²) in [5, 5.41) is 14.5. The van der Waals surface area contributed by atoms with E-state index in [0.29, 0.717) is 12.0 Å². The Morgan fingerprint density at radius 1 is 1.14 bits per heavy atom. The van der Waals surface area contributed by atoms with Gasteiger partial charge in [-0.15, -0.1) is 13.2 Å². The molecule has 0 bridgehead atoms. The Balaban J connectivity index is 1.91. The van der Waals surface area contributed by atoms with E-state index in [9.17, 15) is 18.3 Å². The van der Waals surface area contributed by atoms with Crippen LogP contribution in [0.25, 0.3) is 0 Å². The molecule has 5 nitrogen and oxygen atoms in total. The third kappa shape index (κ3) is 6.23. The number of hydrogen-bond donors (Lipinski definition) is 2. The lowest BCUT2D eigenvalue weighted by molar-refractivity contribution is -0.275. The maximum absolute atomic E-state index is 12.9. The van der Waals surface area contributed by atoms with E-state index in [1.54, 1.807) is 19.1 Å². The third-order valence-corrected chi connectivity index (χ3v) is 5.83. The lowest BCUT2D eigenvalue weighted by Gasteiger charge is -2.41. The Kier molecular flexibility index (Phi) is 7.29. The molecule has 1 aliphatic carbocycles. The maximum atomic E-state index is 12.9. The van der Waals surface area contributed by atoms with Gasteiger partial charge in [-0.3, -0.25) is 4.90 Å². The molecule has 0 spiro atoms. The van der Waals surface area contributed by atoms with E-state index in [4.69, 9.17) is 4.74 Å². The lowest BCUT2D eigenvalue weighted by Crippen LogP contribution is -2.47. The number of rotatable bonds is 7. The van der Waals surface area contributed by atoms with Crippen molar-refractivity contribution in [2.75, 3.05) is 32.8 Å². The fourth-order valence-corrected chi connectivity index (χ4v) is 4.44. The molecular weight excluding hydrogens is 385 g/mol. The number of alkyl halides is 3. The predicted octanol–water partition coefficient (Wildman–Crippen LogP) is 4.02. The Bertz CT molecular complexity index is 657. The Morgan fingerprint density at radius 2 is 1.83 bits per heavy atom. The predicted molar refractivity (Wildman–Crippen MR) is 104 cm³/mol. The average Bonchev–Trinajstić information content (AvgIpc) is 2.68. The number of hydrogen-bond acceptors (Lipinski definition) is 5. The van der Waals surface area contributed by atoms with Crippen molar-refractivity contribution < 1.29 is 27.8 Å². The van der Waals surface area contributed by atoms with E-state index in [1.807, 2.05) is 0 Å². The summed E-state index contributed by atoms with van der Waals surface area (Å²) in [6.45, 7) is 5.16. The first-order chi connectivity index (χ1) is 13.8. The van der Waals surface area contributed by atoms with Gasteiger partial charge in [0.1, 0.15) is 0 Å². The molecular formula is C21H31F3N2O3. The molecule has 164 valence electrons. The summed E-state index contributed by atoms with van der Waals surface area (Å²) in [6.07, 6.45) is 0.264. The molecule has 1 aliphatic heterocycles. The van der Waals surface area contributed by atoms with E-state index < -0.39 is 12.0 Å². The van der Waals surface area contributed by atoms with Crippen molar-refractivity contribution >= 4 is 0 Å². The van der Waals surface area contributed by atoms with Crippen molar-refractivity contribution in [3.8, 4) is 11.5 Å². The van der Waals surface area contributed by atoms with Crippen molar-refractivity contribution in [2.24, 2.45) is 0 Å². The third-order valence-electron chi connectivity index (χ3n) is 5.83. The smallest absolute Gasteiger partial charge is 0.490 e. The molecule has 1 aromatic carbocycles. The molecule has 0 radical (unpaired) electrons. The number of nitrogens with one attached hydrogen (secondary N) is 1. The molecule has 2 aliphatic rings. The average molecular weight is 416 g/mol. The quantitative estimate of drug-likeness (QED) is 0.703. The van der Waals surface area contributed by atoms with Crippen LogP contribution in [0, 0.1) is 0 Å². The van der Waals surface area contributed by atoms with Gasteiger partial charge >= 0.3 is 6.36 Å². The zero-order chi connectivity index (χ0) is 20.9. The largest absolute Gasteiger partial charge is 0.573 e. The number of aliphatic hydroxyl groups is 1. The van der Waals surface area contributed by atoms with Crippen molar-refractivity contribution in [1.29, 1.82) is 0 Å². The molecule has 1 heterocycles. The number of halogens is 3. The Morgan fingerprint density at radius 3 is 2.45 bits per heavy atom. The second-order valence-electron chi connectivity index (χ2n) is 7.98. The van der Waals surface area contributed by atoms with Crippen LogP contribution < -0.4 is 14.8 Å². The van der Waals surface area contributed by atoms with Gasteiger partial charge in [0.05, 0.1) is 12.2 Å². The first kappa shape index (κ1) is 22.2. The summed E-state index contributed by atoms with van der Waals surface area (Å²) < 4.78 is 48.4. The van der Waals surface area contributed by atoms with Crippen LogP contribution in [0.15, 0.2) is 18.2 Å². The monoisotopic (exact) mass is 416 g/mol. The van der Waals surface area contributed by atoms with Crippen molar-refractivity contribution in [2.45, 2.75) is 63.5 Å². The van der Waals surface area contributed by atoms with Crippen molar-refractivity contribution in [3.05, 3.63) is 23.8 Å². The molecule has 0 aromatic heterocycles. The van der Waals surface area contributed by atoms with E-state index >= 15 is 0 Å². The fraction of sp³-hybridized carbons (Fsp3) is 0.714. The van der Waals surface area contributed by atoms with Crippen LogP contribution in [0.1, 0.15) is 57.1 Å². The number of piperazine rings is 1. The minimum atomic E-state index is -4.80. The van der Waals surface area contributed by atoms with Crippen LogP contribution in [0.2, 0.25) is 0 Å². The summed E-state index contributed by atoms with van der Waals surface area (Å²) in [7, 11) is 0. The van der Waals surface area contributed by atoms with Gasteiger partial charge in [0.25, 0.3) is 0 Å². The summed E-state index contributed by atoms with van der Waals surface area (Å²) in [5.41, 5.74) is -0.0640. The summed E-state index contributed by atoms with van der Waals surface area (Å²) in [4.78, 5) is 2.25. The van der Waals surface area contributed by atoms with Crippen LogP contribution in [0.4, 0.5) is 13.2 Å². The second-order valence-corrected chi connectivity index (χ2v) is 7.98. The Hall–Kier alpha value is -1.51. The molecule has 1 atom stereocenters. The van der Waals surface area contributed by atoms with Gasteiger partial charge in [0, 0.05) is 32.2 Å². The van der Waals surface area contributed by atoms with Gasteiger partial charge in [-0.2, -0.15) is 0 Å². The number of nitrogens with zero attached hydrogens (tertiary/aromatic N) is 1. The van der Waals surface area contributed by atoms with Gasteiger partial charge in [0.2, 0.25) is 0 Å². The topological polar surface area (TPSA) is 54.0 Å². The van der Waals surface area contributed by atoms with Gasteiger partial charge < -0.3 is 19.9 Å². The van der Waals surface area contributed by atoms with Crippen LogP contribution >= 0.6 is 0 Å². The van der Waals surface area contributed by atoms with E-state index in [2.05, 4.69) is 15.0 Å². The number of benzene rings is 1. The molecule has 29 heavy (non-hydrogen) atoms. The van der Waals surface area contributed by atoms with Crippen LogP contribution in [-0.4, -0.2) is 54.8 Å². The van der Waals surface area contributed by atoms with Gasteiger partial charge in [-0.05, 0) is 43.9 Å². The molecule has 1 aromatic rings. The minimum absolute atomic E-state index is 0.0732. The van der Waals surface area contributed by atoms with Crippen molar-refractivity contribution in [3.63, 3.8) is 0 Å². The van der Waals surface area contributed by atoms with Gasteiger partial charge in [0.15, 0.2) is 11.5 Å². The second kappa shape index (κ2) is 9.53. The summed E-state index contributed by atoms with van der Waals surface area (Å²) in [6, 6.07) is 4.59. The standard InChI is InChI=1S/C21H31F3N2O3/c1-2-28-18-7-6-16(14-19(18)29-21(22,23)24)17(26-12-10-25-11-13-26)15-20(27)8-4-3-5-9-20/h6-7,14,17,25,27H,2-5,8-13,15H2,1H3. The van der Waals surface area contributed by atoms with E-state index in [0.717, 1.165) is 58.3 Å². The molecule has 1 saturated heterocycles. The number of ether oxygens (including phenoxy) is 2. The lowest BCUT2D eigenvalue weighted by atomic mass is 9.78. The van der Waals surface area contributed by atoms with E-state index in [-0.39, 0.29) is 24.1 Å². The first-order valence-electron chi connectivity index (χ1n) is 10.5. The first-order valence-corrected chi connectivity index (χ1v) is 10.5. The van der Waals surface area contributed by atoms with Gasteiger partial charge in [-0.1, -0.05) is 25.3 Å². The molecule has 8 heteroatoms. The molecule has 0 amide bonds. The fourth-order valence-electron chi connectivity index (χ4n) is 4.44. The maximum Gasteiger partial charge on any atom is 0.573 e. The highest BCUT2D eigenvalue weighted by Gasteiger charge is 2.37. The zero-order valence-corrected chi connectivity index (χ0v) is 16.9. The van der Waals surface area contributed by atoms with Crippen molar-refractivity contribution in [1.82, 2.24) is 10.2 Å². The van der Waals surface area contributed by atoms with Gasteiger partial charge in [-0.25, -0.2) is 0 Å². The minimum Gasteiger partial charge on any atom is -0.490 e. The zero-order valence-electron chi connectivity index (χ0n) is 16.9.